The molecule has 0 aliphatic carbocycles. The van der Waals surface area contributed by atoms with Crippen molar-refractivity contribution in [1.29, 1.82) is 0 Å². The average molecular weight is 350 g/mol. The second kappa shape index (κ2) is 7.11. The van der Waals surface area contributed by atoms with Crippen molar-refractivity contribution < 1.29 is 9.59 Å². The number of hydrogen-bond acceptors (Lipinski definition) is 3. The van der Waals surface area contributed by atoms with Gasteiger partial charge in [-0.2, -0.15) is 0 Å². The van der Waals surface area contributed by atoms with E-state index in [4.69, 9.17) is 11.6 Å². The van der Waals surface area contributed by atoms with E-state index in [1.54, 1.807) is 0 Å². The summed E-state index contributed by atoms with van der Waals surface area (Å²) in [5.41, 5.74) is 2.27. The van der Waals surface area contributed by atoms with E-state index in [-0.39, 0.29) is 17.7 Å². The second-order valence-corrected chi connectivity index (χ2v) is 7.34. The van der Waals surface area contributed by atoms with Gasteiger partial charge in [0.2, 0.25) is 11.8 Å². The number of likely N-dealkylation sites (tertiary alicyclic amines) is 1. The molecule has 0 N–H and O–H groups in total. The van der Waals surface area contributed by atoms with Crippen LogP contribution < -0.4 is 0 Å². The van der Waals surface area contributed by atoms with E-state index in [1.807, 2.05) is 47.0 Å². The molecule has 2 heterocycles. The number of halogens is 1. The minimum Gasteiger partial charge on any atom is -0.341 e. The molecular weight excluding hydrogens is 326 g/mol. The molecule has 130 valence electrons. The Bertz CT molecular complexity index is 647. The first kappa shape index (κ1) is 17.2. The number of likely N-dealkylation sites (N-methyl/N-ethyl adjacent to an activating group) is 1. The van der Waals surface area contributed by atoms with Crippen LogP contribution in [0.4, 0.5) is 0 Å². The minimum atomic E-state index is -0.208. The molecule has 2 amide bonds. The zero-order valence-electron chi connectivity index (χ0n) is 14.3. The molecular formula is C18H24ClN3O2. The van der Waals surface area contributed by atoms with E-state index < -0.39 is 0 Å². The third-order valence-corrected chi connectivity index (χ3v) is 5.26. The number of hydrogen-bond donors (Lipinski definition) is 0. The average Bonchev–Trinajstić information content (AvgIpc) is 2.93. The molecule has 0 radical (unpaired) electrons. The number of fused-ring (bicyclic) bond motifs is 1. The van der Waals surface area contributed by atoms with Gasteiger partial charge >= 0.3 is 0 Å². The van der Waals surface area contributed by atoms with Crippen molar-refractivity contribution in [1.82, 2.24) is 14.7 Å². The highest BCUT2D eigenvalue weighted by molar-refractivity contribution is 6.31. The van der Waals surface area contributed by atoms with Crippen molar-refractivity contribution >= 4 is 23.4 Å². The number of nitrogens with zero attached hydrogens (tertiary/aromatic N) is 3. The first-order valence-electron chi connectivity index (χ1n) is 8.43. The number of carbonyl (C=O) groups excluding carboxylic acids is 2. The van der Waals surface area contributed by atoms with E-state index in [9.17, 15) is 9.59 Å². The van der Waals surface area contributed by atoms with Crippen LogP contribution >= 0.6 is 11.6 Å². The molecule has 0 saturated carbocycles. The van der Waals surface area contributed by atoms with Crippen LogP contribution in [0.3, 0.4) is 0 Å². The summed E-state index contributed by atoms with van der Waals surface area (Å²) < 4.78 is 0. The highest BCUT2D eigenvalue weighted by atomic mass is 35.5. The molecule has 1 aromatic rings. The van der Waals surface area contributed by atoms with Gasteiger partial charge in [-0.05, 0) is 37.7 Å². The van der Waals surface area contributed by atoms with Crippen molar-refractivity contribution in [3.63, 3.8) is 0 Å². The molecule has 3 rings (SSSR count). The van der Waals surface area contributed by atoms with Crippen LogP contribution in [-0.4, -0.2) is 66.8 Å². The molecule has 0 aromatic heterocycles. The van der Waals surface area contributed by atoms with Crippen molar-refractivity contribution in [2.45, 2.75) is 19.4 Å². The topological polar surface area (TPSA) is 43.9 Å². The standard InChI is InChI=1S/C18H24ClN3O2/c1-20(2)8-9-21-12-14(10-17(21)23)18(24)22-7-6-15-13(11-22)4-3-5-16(15)19/h3-5,14H,6-12H2,1-2H3/t14-/m0/s1. The first-order valence-corrected chi connectivity index (χ1v) is 8.81. The number of amides is 2. The van der Waals surface area contributed by atoms with Crippen molar-refractivity contribution in [2.75, 3.05) is 40.3 Å². The smallest absolute Gasteiger partial charge is 0.228 e. The molecule has 24 heavy (non-hydrogen) atoms. The normalized spacial score (nSPS) is 20.7. The van der Waals surface area contributed by atoms with E-state index in [2.05, 4.69) is 0 Å². The van der Waals surface area contributed by atoms with Gasteiger partial charge in [-0.25, -0.2) is 0 Å². The van der Waals surface area contributed by atoms with Gasteiger partial charge in [-0.3, -0.25) is 9.59 Å². The fourth-order valence-electron chi connectivity index (χ4n) is 3.48. The summed E-state index contributed by atoms with van der Waals surface area (Å²) in [4.78, 5) is 30.7. The zero-order valence-corrected chi connectivity index (χ0v) is 15.1. The lowest BCUT2D eigenvalue weighted by molar-refractivity contribution is -0.136. The molecule has 1 aromatic carbocycles. The monoisotopic (exact) mass is 349 g/mol. The fourth-order valence-corrected chi connectivity index (χ4v) is 3.77. The lowest BCUT2D eigenvalue weighted by Crippen LogP contribution is -2.41. The first-order chi connectivity index (χ1) is 11.5. The van der Waals surface area contributed by atoms with Crippen LogP contribution in [0, 0.1) is 5.92 Å². The summed E-state index contributed by atoms with van der Waals surface area (Å²) in [6, 6.07) is 5.86. The Morgan fingerprint density at radius 3 is 2.92 bits per heavy atom. The summed E-state index contributed by atoms with van der Waals surface area (Å²) in [6.45, 7) is 3.33. The predicted octanol–water partition coefficient (Wildman–Crippen LogP) is 1.63. The number of rotatable bonds is 4. The quantitative estimate of drug-likeness (QED) is 0.830. The van der Waals surface area contributed by atoms with Gasteiger partial charge in [-0.15, -0.1) is 0 Å². The van der Waals surface area contributed by atoms with Crippen LogP contribution in [0.1, 0.15) is 17.5 Å². The fraction of sp³-hybridized carbons (Fsp3) is 0.556. The SMILES string of the molecule is CN(C)CCN1C[C@@H](C(=O)N2CCc3c(Cl)cccc3C2)CC1=O. The van der Waals surface area contributed by atoms with Crippen LogP contribution in [0.15, 0.2) is 18.2 Å². The molecule has 0 bridgehead atoms. The molecule has 1 atom stereocenters. The Morgan fingerprint density at radius 2 is 2.17 bits per heavy atom. The summed E-state index contributed by atoms with van der Waals surface area (Å²) >= 11 is 6.24. The van der Waals surface area contributed by atoms with Crippen molar-refractivity contribution in [3.8, 4) is 0 Å². The molecule has 0 spiro atoms. The van der Waals surface area contributed by atoms with Gasteiger partial charge in [-0.1, -0.05) is 23.7 Å². The maximum absolute atomic E-state index is 12.8. The van der Waals surface area contributed by atoms with E-state index in [0.717, 1.165) is 29.1 Å². The maximum Gasteiger partial charge on any atom is 0.228 e. The van der Waals surface area contributed by atoms with Gasteiger partial charge in [0.15, 0.2) is 0 Å². The van der Waals surface area contributed by atoms with E-state index >= 15 is 0 Å². The highest BCUT2D eigenvalue weighted by Crippen LogP contribution is 2.28. The van der Waals surface area contributed by atoms with Gasteiger partial charge in [0.25, 0.3) is 0 Å². The predicted molar refractivity (Wildman–Crippen MR) is 93.8 cm³/mol. The summed E-state index contributed by atoms with van der Waals surface area (Å²) in [5, 5.41) is 0.783. The van der Waals surface area contributed by atoms with E-state index in [1.165, 1.54) is 0 Å². The molecule has 2 aliphatic heterocycles. The summed E-state index contributed by atoms with van der Waals surface area (Å²) in [7, 11) is 3.97. The van der Waals surface area contributed by atoms with Gasteiger partial charge in [0.1, 0.15) is 0 Å². The molecule has 6 heteroatoms. The Morgan fingerprint density at radius 1 is 1.38 bits per heavy atom. The van der Waals surface area contributed by atoms with Crippen LogP contribution in [0.25, 0.3) is 0 Å². The Hall–Kier alpha value is -1.59. The Balaban J connectivity index is 1.62. The van der Waals surface area contributed by atoms with Gasteiger partial charge < -0.3 is 14.7 Å². The van der Waals surface area contributed by atoms with Crippen LogP contribution in [-0.2, 0) is 22.6 Å². The van der Waals surface area contributed by atoms with E-state index in [0.29, 0.717) is 32.6 Å². The zero-order chi connectivity index (χ0) is 17.3. The summed E-state index contributed by atoms with van der Waals surface area (Å²) in [6.07, 6.45) is 1.12. The third kappa shape index (κ3) is 3.57. The van der Waals surface area contributed by atoms with Crippen molar-refractivity contribution in [3.05, 3.63) is 34.3 Å². The Labute approximate surface area is 148 Å². The second-order valence-electron chi connectivity index (χ2n) is 6.93. The third-order valence-electron chi connectivity index (χ3n) is 4.90. The highest BCUT2D eigenvalue weighted by Gasteiger charge is 2.37. The molecule has 1 fully saturated rings. The minimum absolute atomic E-state index is 0.0932. The molecule has 1 saturated heterocycles. The number of benzene rings is 1. The maximum atomic E-state index is 12.8. The van der Waals surface area contributed by atoms with Crippen LogP contribution in [0.5, 0.6) is 0 Å². The lowest BCUT2D eigenvalue weighted by Gasteiger charge is -2.31. The van der Waals surface area contributed by atoms with Gasteiger partial charge in [0, 0.05) is 44.2 Å². The van der Waals surface area contributed by atoms with Crippen LogP contribution in [0.2, 0.25) is 5.02 Å². The van der Waals surface area contributed by atoms with Crippen molar-refractivity contribution in [2.24, 2.45) is 5.92 Å². The Kier molecular flexibility index (Phi) is 5.11. The molecule has 2 aliphatic rings. The van der Waals surface area contributed by atoms with Gasteiger partial charge in [0.05, 0.1) is 5.92 Å². The largest absolute Gasteiger partial charge is 0.341 e. The molecule has 0 unspecified atom stereocenters. The molecule has 5 nitrogen and oxygen atoms in total. The number of carbonyl (C=O) groups is 2. The summed E-state index contributed by atoms with van der Waals surface area (Å²) in [5.74, 6) is -0.0163. The lowest BCUT2D eigenvalue weighted by atomic mass is 9.98.